The fraction of sp³-hybridized carbons (Fsp3) is 0.235. The molecule has 8 heteroatoms. The van der Waals surface area contributed by atoms with Gasteiger partial charge in [0, 0.05) is 19.7 Å². The molecule has 0 aromatic heterocycles. The molecule has 25 heavy (non-hydrogen) atoms. The van der Waals surface area contributed by atoms with E-state index in [1.54, 1.807) is 43.3 Å². The fourth-order valence-corrected chi connectivity index (χ4v) is 2.88. The van der Waals surface area contributed by atoms with Gasteiger partial charge in [0.1, 0.15) is 5.75 Å². The Morgan fingerprint density at radius 3 is 2.40 bits per heavy atom. The molecule has 134 valence electrons. The Kier molecular flexibility index (Phi) is 5.34. The Balaban J connectivity index is 2.42. The van der Waals surface area contributed by atoms with E-state index in [0.29, 0.717) is 22.7 Å². The van der Waals surface area contributed by atoms with Crippen LogP contribution < -0.4 is 20.1 Å². The van der Waals surface area contributed by atoms with Gasteiger partial charge in [-0.25, -0.2) is 13.6 Å². The monoisotopic (exact) mass is 363 g/mol. The molecule has 2 rings (SSSR count). The molecule has 0 spiro atoms. The van der Waals surface area contributed by atoms with Crippen LogP contribution in [0.2, 0.25) is 0 Å². The molecule has 0 heterocycles. The quantitative estimate of drug-likeness (QED) is 0.846. The van der Waals surface area contributed by atoms with Crippen molar-refractivity contribution in [1.82, 2.24) is 0 Å². The van der Waals surface area contributed by atoms with Gasteiger partial charge in [-0.2, -0.15) is 0 Å². The summed E-state index contributed by atoms with van der Waals surface area (Å²) in [6, 6.07) is 9.41. The molecule has 0 aliphatic rings. The number of rotatable bonds is 5. The number of carbonyl (C=O) groups excluding carboxylic acids is 1. The molecule has 2 aromatic carbocycles. The van der Waals surface area contributed by atoms with E-state index in [0.717, 1.165) is 5.56 Å². The highest BCUT2D eigenvalue weighted by Gasteiger charge is 2.16. The average molecular weight is 363 g/mol. The molecular weight excluding hydrogens is 342 g/mol. The normalized spacial score (nSPS) is 11.1. The van der Waals surface area contributed by atoms with Crippen molar-refractivity contribution in [2.45, 2.75) is 11.8 Å². The minimum Gasteiger partial charge on any atom is -0.496 e. The average Bonchev–Trinajstić information content (AvgIpc) is 2.54. The molecule has 0 bridgehead atoms. The largest absolute Gasteiger partial charge is 0.496 e. The van der Waals surface area contributed by atoms with Crippen molar-refractivity contribution in [1.29, 1.82) is 0 Å². The van der Waals surface area contributed by atoms with Crippen molar-refractivity contribution in [2.75, 3.05) is 31.4 Å². The Morgan fingerprint density at radius 1 is 1.16 bits per heavy atom. The van der Waals surface area contributed by atoms with E-state index in [1.807, 2.05) is 6.92 Å². The van der Waals surface area contributed by atoms with Gasteiger partial charge in [-0.15, -0.1) is 0 Å². The zero-order valence-electron chi connectivity index (χ0n) is 14.5. The Bertz CT molecular complexity index is 908. The summed E-state index contributed by atoms with van der Waals surface area (Å²) in [5.41, 5.74) is 2.30. The summed E-state index contributed by atoms with van der Waals surface area (Å²) in [6.45, 7) is 1.88. The molecule has 2 aromatic rings. The first kappa shape index (κ1) is 18.8. The van der Waals surface area contributed by atoms with Crippen molar-refractivity contribution in [3.8, 4) is 5.75 Å². The lowest BCUT2D eigenvalue weighted by Crippen LogP contribution is -2.18. The van der Waals surface area contributed by atoms with Crippen molar-refractivity contribution in [3.63, 3.8) is 0 Å². The molecular formula is C17H21N3O4S. The topological polar surface area (TPSA) is 102 Å². The van der Waals surface area contributed by atoms with Gasteiger partial charge in [-0.1, -0.05) is 6.07 Å². The van der Waals surface area contributed by atoms with Gasteiger partial charge in [0.2, 0.25) is 10.0 Å². The third-order valence-corrected chi connectivity index (χ3v) is 4.61. The molecule has 0 radical (unpaired) electrons. The number of amides is 1. The van der Waals surface area contributed by atoms with Crippen LogP contribution in [0.5, 0.6) is 5.75 Å². The maximum Gasteiger partial charge on any atom is 0.255 e. The lowest BCUT2D eigenvalue weighted by atomic mass is 10.1. The van der Waals surface area contributed by atoms with E-state index in [9.17, 15) is 13.2 Å². The molecule has 0 aliphatic carbocycles. The molecule has 0 atom stereocenters. The lowest BCUT2D eigenvalue weighted by Gasteiger charge is -2.19. The second-order valence-corrected chi connectivity index (χ2v) is 7.32. The highest BCUT2D eigenvalue weighted by Crippen LogP contribution is 2.28. The molecule has 0 saturated carbocycles. The minimum atomic E-state index is -3.87. The number of hydrogen-bond donors (Lipinski definition) is 2. The predicted molar refractivity (Wildman–Crippen MR) is 97.8 cm³/mol. The summed E-state index contributed by atoms with van der Waals surface area (Å²) >= 11 is 0. The second-order valence-electron chi connectivity index (χ2n) is 5.76. The van der Waals surface area contributed by atoms with Gasteiger partial charge in [-0.05, 0) is 42.8 Å². The molecule has 7 nitrogen and oxygen atoms in total. The number of ether oxygens (including phenoxy) is 1. The van der Waals surface area contributed by atoms with E-state index in [2.05, 4.69) is 5.32 Å². The molecule has 1 amide bonds. The van der Waals surface area contributed by atoms with Crippen LogP contribution in [0.4, 0.5) is 11.4 Å². The maximum absolute atomic E-state index is 12.6. The number of nitrogens with one attached hydrogen (secondary N) is 1. The third-order valence-electron chi connectivity index (χ3n) is 3.70. The summed E-state index contributed by atoms with van der Waals surface area (Å²) in [6.07, 6.45) is 0. The number of aryl methyl sites for hydroxylation is 1. The third kappa shape index (κ3) is 4.28. The number of carbonyl (C=O) groups is 1. The van der Waals surface area contributed by atoms with Crippen molar-refractivity contribution >= 4 is 27.3 Å². The highest BCUT2D eigenvalue weighted by molar-refractivity contribution is 7.89. The van der Waals surface area contributed by atoms with Crippen LogP contribution in [0.3, 0.4) is 0 Å². The highest BCUT2D eigenvalue weighted by atomic mass is 32.2. The summed E-state index contributed by atoms with van der Waals surface area (Å²) in [7, 11) is 1.23. The first-order valence-corrected chi connectivity index (χ1v) is 8.98. The van der Waals surface area contributed by atoms with Gasteiger partial charge in [0.15, 0.2) is 0 Å². The van der Waals surface area contributed by atoms with Crippen LogP contribution in [-0.2, 0) is 10.0 Å². The number of methoxy groups -OCH3 is 1. The first-order valence-electron chi connectivity index (χ1n) is 7.43. The van der Waals surface area contributed by atoms with Crippen molar-refractivity contribution in [2.24, 2.45) is 5.14 Å². The molecule has 0 aliphatic heterocycles. The van der Waals surface area contributed by atoms with Gasteiger partial charge in [-0.3, -0.25) is 4.79 Å². The van der Waals surface area contributed by atoms with Crippen LogP contribution in [0.15, 0.2) is 41.3 Å². The summed E-state index contributed by atoms with van der Waals surface area (Å²) in [4.78, 5) is 14.3. The van der Waals surface area contributed by atoms with E-state index < -0.39 is 10.0 Å². The Labute approximate surface area is 147 Å². The fourth-order valence-electron chi connectivity index (χ4n) is 2.34. The zero-order valence-corrected chi connectivity index (χ0v) is 15.3. The molecule has 0 unspecified atom stereocenters. The number of primary sulfonamides is 1. The van der Waals surface area contributed by atoms with Gasteiger partial charge in [0.05, 0.1) is 23.4 Å². The van der Waals surface area contributed by atoms with E-state index >= 15 is 0 Å². The molecule has 0 saturated heterocycles. The zero-order chi connectivity index (χ0) is 18.8. The number of nitrogens with two attached hydrogens (primary N) is 1. The smallest absolute Gasteiger partial charge is 0.255 e. The molecule has 3 N–H and O–H groups in total. The van der Waals surface area contributed by atoms with E-state index in [-0.39, 0.29) is 10.8 Å². The Hall–Kier alpha value is -2.58. The molecule has 0 fully saturated rings. The van der Waals surface area contributed by atoms with Gasteiger partial charge >= 0.3 is 0 Å². The van der Waals surface area contributed by atoms with Crippen molar-refractivity contribution < 1.29 is 17.9 Å². The minimum absolute atomic E-state index is 0.0742. The SMILES string of the molecule is COc1cc(C(=O)Nc2cc(S(N)(=O)=O)ccc2N(C)C)ccc1C. The van der Waals surface area contributed by atoms with Gasteiger partial charge in [0.25, 0.3) is 5.91 Å². The van der Waals surface area contributed by atoms with Crippen LogP contribution in [0, 0.1) is 6.92 Å². The van der Waals surface area contributed by atoms with Crippen molar-refractivity contribution in [3.05, 3.63) is 47.5 Å². The number of benzene rings is 2. The number of anilines is 2. The van der Waals surface area contributed by atoms with E-state index in [1.165, 1.54) is 19.2 Å². The first-order chi connectivity index (χ1) is 11.6. The van der Waals surface area contributed by atoms with E-state index in [4.69, 9.17) is 9.88 Å². The van der Waals surface area contributed by atoms with Crippen LogP contribution in [0.1, 0.15) is 15.9 Å². The predicted octanol–water partition coefficient (Wildman–Crippen LogP) is 1.97. The number of nitrogens with zero attached hydrogens (tertiary/aromatic N) is 1. The summed E-state index contributed by atoms with van der Waals surface area (Å²) in [5, 5.41) is 7.91. The lowest BCUT2D eigenvalue weighted by molar-refractivity contribution is 0.102. The number of sulfonamides is 1. The van der Waals surface area contributed by atoms with Gasteiger partial charge < -0.3 is 15.0 Å². The summed E-state index contributed by atoms with van der Waals surface area (Å²) < 4.78 is 28.4. The standard InChI is InChI=1S/C17H21N3O4S/c1-11-5-6-12(9-16(11)24-4)17(21)19-14-10-13(25(18,22)23)7-8-15(14)20(2)3/h5-10H,1-4H3,(H,19,21)(H2,18,22,23). The maximum atomic E-state index is 12.6. The van der Waals surface area contributed by atoms with Crippen LogP contribution in [0.25, 0.3) is 0 Å². The second kappa shape index (κ2) is 7.12. The Morgan fingerprint density at radius 2 is 1.84 bits per heavy atom. The number of hydrogen-bond acceptors (Lipinski definition) is 5. The summed E-state index contributed by atoms with van der Waals surface area (Å²) in [5.74, 6) is 0.215. The van der Waals surface area contributed by atoms with Crippen LogP contribution >= 0.6 is 0 Å². The van der Waals surface area contributed by atoms with Crippen LogP contribution in [-0.4, -0.2) is 35.5 Å².